The van der Waals surface area contributed by atoms with Crippen LogP contribution in [0.1, 0.15) is 27.2 Å². The molecule has 1 N–H and O–H groups in total. The highest BCUT2D eigenvalue weighted by Crippen LogP contribution is 2.20. The number of hydrogen-bond acceptors (Lipinski definition) is 6. The number of nitrogens with zero attached hydrogens (tertiary/aromatic N) is 3. The fourth-order valence-corrected chi connectivity index (χ4v) is 2.36. The molecule has 2 rings (SSSR count). The van der Waals surface area contributed by atoms with E-state index in [-0.39, 0.29) is 6.10 Å². The van der Waals surface area contributed by atoms with Crippen LogP contribution in [0.2, 0.25) is 0 Å². The summed E-state index contributed by atoms with van der Waals surface area (Å²) in [6.07, 6.45) is 2.81. The fraction of sp³-hybridized carbons (Fsp3) is 0.733. The first kappa shape index (κ1) is 16.0. The van der Waals surface area contributed by atoms with E-state index in [1.54, 1.807) is 6.33 Å². The van der Waals surface area contributed by atoms with Gasteiger partial charge >= 0.3 is 0 Å². The summed E-state index contributed by atoms with van der Waals surface area (Å²) in [5.74, 6) is 1.54. The molecule has 0 amide bonds. The zero-order valence-electron chi connectivity index (χ0n) is 13.2. The molecule has 1 aromatic rings. The zero-order valence-corrected chi connectivity index (χ0v) is 13.2. The molecule has 1 saturated heterocycles. The first-order valence-corrected chi connectivity index (χ1v) is 7.74. The first-order valence-electron chi connectivity index (χ1n) is 7.74. The molecular weight excluding hydrogens is 268 g/mol. The number of nitrogens with one attached hydrogen (secondary N) is 1. The Bertz CT molecular complexity index is 428. The Labute approximate surface area is 126 Å². The highest BCUT2D eigenvalue weighted by molar-refractivity contribution is 5.42. The van der Waals surface area contributed by atoms with Crippen LogP contribution in [-0.2, 0) is 4.74 Å². The average molecular weight is 294 g/mol. The van der Waals surface area contributed by atoms with E-state index in [1.165, 1.54) is 0 Å². The Hall–Kier alpha value is -1.40. The van der Waals surface area contributed by atoms with Crippen LogP contribution in [-0.4, -0.2) is 55.0 Å². The number of hydrogen-bond donors (Lipinski definition) is 1. The molecular formula is C15H26N4O2. The summed E-state index contributed by atoms with van der Waals surface area (Å²) >= 11 is 0. The molecule has 1 aliphatic rings. The predicted molar refractivity (Wildman–Crippen MR) is 82.9 cm³/mol. The van der Waals surface area contributed by atoms with Crippen molar-refractivity contribution in [3.05, 3.63) is 12.4 Å². The lowest BCUT2D eigenvalue weighted by molar-refractivity contribution is 0.0933. The highest BCUT2D eigenvalue weighted by atomic mass is 16.5. The largest absolute Gasteiger partial charge is 0.475 e. The van der Waals surface area contributed by atoms with Gasteiger partial charge in [0.2, 0.25) is 5.88 Å². The van der Waals surface area contributed by atoms with Gasteiger partial charge in [-0.05, 0) is 26.8 Å². The van der Waals surface area contributed by atoms with Gasteiger partial charge in [0.15, 0.2) is 0 Å². The molecule has 6 nitrogen and oxygen atoms in total. The van der Waals surface area contributed by atoms with Crippen molar-refractivity contribution in [3.63, 3.8) is 0 Å². The van der Waals surface area contributed by atoms with Crippen LogP contribution in [0.3, 0.4) is 0 Å². The summed E-state index contributed by atoms with van der Waals surface area (Å²) < 4.78 is 11.3. The van der Waals surface area contributed by atoms with Crippen LogP contribution in [0.4, 0.5) is 5.82 Å². The van der Waals surface area contributed by atoms with E-state index in [0.717, 1.165) is 45.1 Å². The lowest BCUT2D eigenvalue weighted by atomic mass is 10.2. The van der Waals surface area contributed by atoms with Gasteiger partial charge in [-0.3, -0.25) is 0 Å². The van der Waals surface area contributed by atoms with Crippen molar-refractivity contribution in [3.8, 4) is 5.88 Å². The van der Waals surface area contributed by atoms with Gasteiger partial charge in [-0.2, -0.15) is 0 Å². The van der Waals surface area contributed by atoms with E-state index >= 15 is 0 Å². The molecule has 21 heavy (non-hydrogen) atoms. The van der Waals surface area contributed by atoms with Gasteiger partial charge in [-0.1, -0.05) is 6.92 Å². The van der Waals surface area contributed by atoms with E-state index in [9.17, 15) is 0 Å². The third kappa shape index (κ3) is 4.82. The minimum absolute atomic E-state index is 0.111. The minimum atomic E-state index is 0.111. The third-order valence-corrected chi connectivity index (χ3v) is 3.31. The van der Waals surface area contributed by atoms with Crippen LogP contribution >= 0.6 is 0 Å². The number of ether oxygens (including phenoxy) is 2. The van der Waals surface area contributed by atoms with Crippen molar-refractivity contribution in [1.82, 2.24) is 15.3 Å². The van der Waals surface area contributed by atoms with E-state index < -0.39 is 0 Å². The summed E-state index contributed by atoms with van der Waals surface area (Å²) in [5, 5.41) is 3.46. The van der Waals surface area contributed by atoms with Crippen LogP contribution in [0.5, 0.6) is 5.88 Å². The van der Waals surface area contributed by atoms with Crippen LogP contribution < -0.4 is 15.0 Å². The van der Waals surface area contributed by atoms with Crippen LogP contribution in [0.25, 0.3) is 0 Å². The molecule has 0 aromatic carbocycles. The lowest BCUT2D eigenvalue weighted by Gasteiger charge is -2.36. The van der Waals surface area contributed by atoms with E-state index in [2.05, 4.69) is 27.1 Å². The summed E-state index contributed by atoms with van der Waals surface area (Å²) in [7, 11) is 0. The highest BCUT2D eigenvalue weighted by Gasteiger charge is 2.24. The Kier molecular flexibility index (Phi) is 6.20. The predicted octanol–water partition coefficient (Wildman–Crippen LogP) is 1.47. The van der Waals surface area contributed by atoms with E-state index in [4.69, 9.17) is 9.47 Å². The molecule has 0 saturated carbocycles. The van der Waals surface area contributed by atoms with Crippen molar-refractivity contribution in [1.29, 1.82) is 0 Å². The van der Waals surface area contributed by atoms with Gasteiger partial charge in [-0.25, -0.2) is 9.97 Å². The standard InChI is InChI=1S/C15H26N4O2/c1-4-5-16-9-13-10-20-7-6-19(13)14-8-15(18-11-17-14)21-12(2)3/h8,11-13,16H,4-7,9-10H2,1-3H3. The molecule has 1 unspecified atom stereocenters. The molecule has 0 aliphatic carbocycles. The molecule has 1 atom stereocenters. The SMILES string of the molecule is CCCNCC1COCCN1c1cc(OC(C)C)ncn1. The summed E-state index contributed by atoms with van der Waals surface area (Å²) in [6, 6.07) is 2.21. The van der Waals surface area contributed by atoms with Gasteiger partial charge in [-0.15, -0.1) is 0 Å². The monoisotopic (exact) mass is 294 g/mol. The van der Waals surface area contributed by atoms with Crippen molar-refractivity contribution in [2.75, 3.05) is 37.7 Å². The average Bonchev–Trinajstić information content (AvgIpc) is 2.48. The zero-order chi connectivity index (χ0) is 15.1. The smallest absolute Gasteiger partial charge is 0.218 e. The van der Waals surface area contributed by atoms with Gasteiger partial charge in [0, 0.05) is 19.2 Å². The number of morpholine rings is 1. The fourth-order valence-electron chi connectivity index (χ4n) is 2.36. The first-order chi connectivity index (χ1) is 10.2. The Balaban J connectivity index is 2.05. The second-order valence-corrected chi connectivity index (χ2v) is 5.51. The Morgan fingerprint density at radius 3 is 3.10 bits per heavy atom. The van der Waals surface area contributed by atoms with Gasteiger partial charge in [0.1, 0.15) is 12.1 Å². The molecule has 1 aliphatic heterocycles. The molecule has 118 valence electrons. The second-order valence-electron chi connectivity index (χ2n) is 5.51. The quantitative estimate of drug-likeness (QED) is 0.769. The topological polar surface area (TPSA) is 59.5 Å². The molecule has 1 aromatic heterocycles. The van der Waals surface area contributed by atoms with Crippen LogP contribution in [0.15, 0.2) is 12.4 Å². The van der Waals surface area contributed by atoms with E-state index in [1.807, 2.05) is 19.9 Å². The molecule has 0 spiro atoms. The number of anilines is 1. The third-order valence-electron chi connectivity index (χ3n) is 3.31. The van der Waals surface area contributed by atoms with Crippen molar-refractivity contribution < 1.29 is 9.47 Å². The molecule has 1 fully saturated rings. The molecule has 6 heteroatoms. The maximum absolute atomic E-state index is 5.65. The van der Waals surface area contributed by atoms with Crippen molar-refractivity contribution in [2.45, 2.75) is 39.3 Å². The Morgan fingerprint density at radius 2 is 2.33 bits per heavy atom. The summed E-state index contributed by atoms with van der Waals surface area (Å²) in [4.78, 5) is 10.8. The normalized spacial score (nSPS) is 19.0. The molecule has 0 radical (unpaired) electrons. The van der Waals surface area contributed by atoms with Crippen LogP contribution in [0, 0.1) is 0 Å². The maximum Gasteiger partial charge on any atom is 0.218 e. The van der Waals surface area contributed by atoms with Gasteiger partial charge < -0.3 is 19.7 Å². The lowest BCUT2D eigenvalue weighted by Crippen LogP contribution is -2.51. The Morgan fingerprint density at radius 1 is 1.48 bits per heavy atom. The number of rotatable bonds is 7. The van der Waals surface area contributed by atoms with Gasteiger partial charge in [0.25, 0.3) is 0 Å². The van der Waals surface area contributed by atoms with Crippen molar-refractivity contribution in [2.24, 2.45) is 0 Å². The second kappa shape index (κ2) is 8.14. The summed E-state index contributed by atoms with van der Waals surface area (Å²) in [6.45, 7) is 10.4. The summed E-state index contributed by atoms with van der Waals surface area (Å²) in [5.41, 5.74) is 0. The maximum atomic E-state index is 5.65. The van der Waals surface area contributed by atoms with Gasteiger partial charge in [0.05, 0.1) is 25.4 Å². The van der Waals surface area contributed by atoms with E-state index in [0.29, 0.717) is 11.9 Å². The molecule has 2 heterocycles. The minimum Gasteiger partial charge on any atom is -0.475 e. The van der Waals surface area contributed by atoms with Crippen molar-refractivity contribution >= 4 is 5.82 Å². The molecule has 0 bridgehead atoms. The number of aromatic nitrogens is 2.